The zero-order chi connectivity index (χ0) is 31.7. The first-order chi connectivity index (χ1) is 21.6. The minimum Gasteiger partial charge on any atom is -0.497 e. The highest BCUT2D eigenvalue weighted by Gasteiger charge is 2.73. The summed E-state index contributed by atoms with van der Waals surface area (Å²) in [5.41, 5.74) is 2.71. The van der Waals surface area contributed by atoms with Crippen molar-refractivity contribution in [1.29, 1.82) is 0 Å². The van der Waals surface area contributed by atoms with Gasteiger partial charge in [0, 0.05) is 18.6 Å². The van der Waals surface area contributed by atoms with Gasteiger partial charge in [0.2, 0.25) is 17.7 Å². The highest BCUT2D eigenvalue weighted by molar-refractivity contribution is 6.36. The summed E-state index contributed by atoms with van der Waals surface area (Å²) in [5.74, 6) is -3.99. The van der Waals surface area contributed by atoms with Crippen LogP contribution in [0.1, 0.15) is 27.8 Å². The molecule has 3 atom stereocenters. The van der Waals surface area contributed by atoms with E-state index in [2.05, 4.69) is 5.32 Å². The fraction of sp³-hybridized carbons (Fsp3) is 0.206. The van der Waals surface area contributed by atoms with Crippen molar-refractivity contribution in [3.8, 4) is 5.75 Å². The number of ether oxygens (including phenoxy) is 1. The first-order valence-electron chi connectivity index (χ1n) is 14.2. The van der Waals surface area contributed by atoms with Gasteiger partial charge in [-0.25, -0.2) is 0 Å². The number of hydrogen-bond donors (Lipinski definition) is 1. The summed E-state index contributed by atoms with van der Waals surface area (Å²) in [5, 5.41) is 14.4. The number of nitrogens with zero attached hydrogens (tertiary/aromatic N) is 2. The van der Waals surface area contributed by atoms with Crippen molar-refractivity contribution >= 4 is 52.3 Å². The molecule has 1 aliphatic heterocycles. The molecule has 4 aromatic carbocycles. The SMILES string of the molecule is COc1ccc([N+](=O)[O-])c(NC(=O)[C@@H](Cc2ccccc2)N2C(=O)[C@@H]3[C@H](C2=O)C2(Cl)c4ccccc4C3(Cl)c3ccccc32)c1. The van der Waals surface area contributed by atoms with Crippen LogP contribution in [-0.2, 0) is 30.6 Å². The Labute approximate surface area is 267 Å². The average Bonchev–Trinajstić information content (AvgIpc) is 3.33. The molecule has 1 N–H and O–H groups in total. The second kappa shape index (κ2) is 10.4. The van der Waals surface area contributed by atoms with E-state index in [1.807, 2.05) is 48.5 Å². The molecule has 2 bridgehead atoms. The lowest BCUT2D eigenvalue weighted by molar-refractivity contribution is -0.383. The Hall–Kier alpha value is -4.73. The molecular weight excluding hydrogens is 617 g/mol. The van der Waals surface area contributed by atoms with E-state index in [-0.39, 0.29) is 23.5 Å². The van der Waals surface area contributed by atoms with E-state index < -0.39 is 50.3 Å². The number of alkyl halides is 2. The zero-order valence-electron chi connectivity index (χ0n) is 23.8. The Morgan fingerprint density at radius 1 is 0.867 bits per heavy atom. The maximum Gasteiger partial charge on any atom is 0.293 e. The molecule has 226 valence electrons. The number of benzene rings is 4. The summed E-state index contributed by atoms with van der Waals surface area (Å²) in [4.78, 5) is 52.7. The number of carbonyl (C=O) groups is 3. The molecule has 1 fully saturated rings. The van der Waals surface area contributed by atoms with Crippen LogP contribution in [0.15, 0.2) is 97.1 Å². The molecule has 0 unspecified atom stereocenters. The van der Waals surface area contributed by atoms with Gasteiger partial charge in [0.25, 0.3) is 5.69 Å². The lowest BCUT2D eigenvalue weighted by Gasteiger charge is -2.54. The topological polar surface area (TPSA) is 119 Å². The van der Waals surface area contributed by atoms with Crippen molar-refractivity contribution in [2.75, 3.05) is 12.4 Å². The Balaban J connectivity index is 1.36. The molecular formula is C34H25Cl2N3O6. The number of imide groups is 1. The van der Waals surface area contributed by atoms with Crippen LogP contribution >= 0.6 is 23.2 Å². The van der Waals surface area contributed by atoms with E-state index in [0.717, 1.165) is 4.90 Å². The van der Waals surface area contributed by atoms with Gasteiger partial charge in [0.1, 0.15) is 27.2 Å². The third-order valence-corrected chi connectivity index (χ3v) is 10.4. The van der Waals surface area contributed by atoms with Gasteiger partial charge in [-0.1, -0.05) is 78.9 Å². The largest absolute Gasteiger partial charge is 0.497 e. The smallest absolute Gasteiger partial charge is 0.293 e. The Kier molecular flexibility index (Phi) is 6.72. The molecule has 0 radical (unpaired) electrons. The van der Waals surface area contributed by atoms with E-state index in [0.29, 0.717) is 27.8 Å². The van der Waals surface area contributed by atoms with E-state index in [1.165, 1.54) is 25.3 Å². The number of anilines is 1. The second-order valence-electron chi connectivity index (χ2n) is 11.4. The molecule has 1 saturated heterocycles. The molecule has 4 aliphatic rings. The van der Waals surface area contributed by atoms with Crippen molar-refractivity contribution in [2.45, 2.75) is 22.2 Å². The fourth-order valence-corrected chi connectivity index (χ4v) is 8.35. The van der Waals surface area contributed by atoms with Gasteiger partial charge in [-0.2, -0.15) is 0 Å². The van der Waals surface area contributed by atoms with Gasteiger partial charge in [-0.3, -0.25) is 29.4 Å². The van der Waals surface area contributed by atoms with Crippen LogP contribution in [0.25, 0.3) is 0 Å². The quantitative estimate of drug-likeness (QED) is 0.119. The number of hydrogen-bond acceptors (Lipinski definition) is 6. The van der Waals surface area contributed by atoms with Crippen LogP contribution in [0, 0.1) is 22.0 Å². The lowest BCUT2D eigenvalue weighted by Crippen LogP contribution is -2.57. The third-order valence-electron chi connectivity index (χ3n) is 9.16. The van der Waals surface area contributed by atoms with Crippen molar-refractivity contribution < 1.29 is 24.0 Å². The summed E-state index contributed by atoms with van der Waals surface area (Å²) in [6.07, 6.45) is -0.0498. The minimum atomic E-state index is -1.42. The highest BCUT2D eigenvalue weighted by Crippen LogP contribution is 2.69. The standard InChI is InChI=1S/C34H25Cl2N3O6/c1-45-20-15-16-26(39(43)44)25(18-20)37-30(40)27(17-19-9-3-2-4-10-19)38-31(41)28-29(32(38)42)34(36)22-12-6-5-11-21(22)33(28,35)23-13-7-8-14-24(23)34/h2-16,18,27-29H,17H2,1H3,(H,37,40)/t27-,28-,29+,33?,34?/m1/s1. The monoisotopic (exact) mass is 641 g/mol. The molecule has 1 heterocycles. The molecule has 11 heteroatoms. The molecule has 0 saturated carbocycles. The highest BCUT2D eigenvalue weighted by atomic mass is 35.5. The predicted molar refractivity (Wildman–Crippen MR) is 167 cm³/mol. The van der Waals surface area contributed by atoms with Gasteiger partial charge in [0.05, 0.1) is 23.9 Å². The van der Waals surface area contributed by atoms with Gasteiger partial charge >= 0.3 is 0 Å². The van der Waals surface area contributed by atoms with E-state index in [9.17, 15) is 24.5 Å². The lowest BCUT2D eigenvalue weighted by atomic mass is 9.54. The van der Waals surface area contributed by atoms with Gasteiger partial charge in [0.15, 0.2) is 0 Å². The number of nitro benzene ring substituents is 1. The average molecular weight is 642 g/mol. The number of likely N-dealkylation sites (tertiary alicyclic amines) is 1. The summed E-state index contributed by atoms with van der Waals surface area (Å²) in [6.45, 7) is 0. The Morgan fingerprint density at radius 3 is 1.82 bits per heavy atom. The number of carbonyl (C=O) groups excluding carboxylic acids is 3. The van der Waals surface area contributed by atoms with Crippen molar-refractivity contribution in [3.63, 3.8) is 0 Å². The summed E-state index contributed by atoms with van der Waals surface area (Å²) < 4.78 is 5.22. The van der Waals surface area contributed by atoms with Crippen molar-refractivity contribution in [2.24, 2.45) is 11.8 Å². The van der Waals surface area contributed by atoms with Crippen molar-refractivity contribution in [3.05, 3.63) is 135 Å². The van der Waals surface area contributed by atoms with Gasteiger partial charge < -0.3 is 10.1 Å². The first kappa shape index (κ1) is 29.0. The molecule has 9 nitrogen and oxygen atoms in total. The van der Waals surface area contributed by atoms with Gasteiger partial charge in [-0.15, -0.1) is 23.2 Å². The van der Waals surface area contributed by atoms with E-state index in [4.69, 9.17) is 27.9 Å². The Bertz CT molecular complexity index is 1790. The minimum absolute atomic E-state index is 0.0498. The predicted octanol–water partition coefficient (Wildman–Crippen LogP) is 5.75. The molecule has 4 aromatic rings. The molecule has 3 aliphatic carbocycles. The zero-order valence-corrected chi connectivity index (χ0v) is 25.3. The second-order valence-corrected chi connectivity index (χ2v) is 12.5. The van der Waals surface area contributed by atoms with Crippen LogP contribution in [0.2, 0.25) is 0 Å². The summed E-state index contributed by atoms with van der Waals surface area (Å²) >= 11 is 15.1. The molecule has 0 aromatic heterocycles. The van der Waals surface area contributed by atoms with E-state index in [1.54, 1.807) is 30.3 Å². The van der Waals surface area contributed by atoms with Gasteiger partial charge in [-0.05, 0) is 33.9 Å². The van der Waals surface area contributed by atoms with Crippen LogP contribution < -0.4 is 10.1 Å². The molecule has 8 rings (SSSR count). The molecule has 3 amide bonds. The normalized spacial score (nSPS) is 24.8. The van der Waals surface area contributed by atoms with Crippen LogP contribution in [-0.4, -0.2) is 40.7 Å². The first-order valence-corrected chi connectivity index (χ1v) is 15.0. The number of nitrogens with one attached hydrogen (secondary N) is 1. The Morgan fingerprint density at radius 2 is 1.36 bits per heavy atom. The number of rotatable bonds is 7. The van der Waals surface area contributed by atoms with E-state index >= 15 is 0 Å². The van der Waals surface area contributed by atoms with Crippen LogP contribution in [0.3, 0.4) is 0 Å². The van der Waals surface area contributed by atoms with Crippen molar-refractivity contribution in [1.82, 2.24) is 4.90 Å². The summed E-state index contributed by atoms with van der Waals surface area (Å²) in [7, 11) is 1.39. The molecule has 0 spiro atoms. The molecule has 45 heavy (non-hydrogen) atoms. The maximum absolute atomic E-state index is 14.6. The van der Waals surface area contributed by atoms with Crippen LogP contribution in [0.4, 0.5) is 11.4 Å². The summed E-state index contributed by atoms with van der Waals surface area (Å²) in [6, 6.07) is 26.0. The number of nitro groups is 1. The number of amides is 3. The maximum atomic E-state index is 14.6. The number of methoxy groups -OCH3 is 1. The fourth-order valence-electron chi connectivity index (χ4n) is 7.25. The third kappa shape index (κ3) is 4.04. The number of halogens is 2. The van der Waals surface area contributed by atoms with Crippen LogP contribution in [0.5, 0.6) is 5.75 Å².